The Morgan fingerprint density at radius 3 is 2.65 bits per heavy atom. The Hall–Kier alpha value is -2.09. The van der Waals surface area contributed by atoms with Gasteiger partial charge in [-0.25, -0.2) is 9.78 Å². The highest BCUT2D eigenvalue weighted by Gasteiger charge is 2.24. The SMILES string of the molecule is CCCC(NC(=O)O)C(=O)Nc1cn(C(C)(C)CCN2CCCC2)cn1. The maximum absolute atomic E-state index is 12.3. The Bertz CT molecular complexity index is 608. The first kappa shape index (κ1) is 20.2. The van der Waals surface area contributed by atoms with E-state index < -0.39 is 12.1 Å². The summed E-state index contributed by atoms with van der Waals surface area (Å²) >= 11 is 0. The number of likely N-dealkylation sites (tertiary alicyclic amines) is 1. The first-order chi connectivity index (χ1) is 12.3. The van der Waals surface area contributed by atoms with Crippen LogP contribution in [0.25, 0.3) is 0 Å². The van der Waals surface area contributed by atoms with Crippen molar-refractivity contribution in [2.75, 3.05) is 25.0 Å². The van der Waals surface area contributed by atoms with E-state index in [9.17, 15) is 9.59 Å². The maximum Gasteiger partial charge on any atom is 0.405 e. The van der Waals surface area contributed by atoms with Crippen molar-refractivity contribution in [3.63, 3.8) is 0 Å². The van der Waals surface area contributed by atoms with Gasteiger partial charge in [0.1, 0.15) is 6.04 Å². The molecule has 3 N–H and O–H groups in total. The first-order valence-electron chi connectivity index (χ1n) is 9.39. The van der Waals surface area contributed by atoms with Crippen molar-refractivity contribution >= 4 is 17.8 Å². The molecule has 1 atom stereocenters. The van der Waals surface area contributed by atoms with E-state index >= 15 is 0 Å². The standard InChI is InChI=1S/C18H31N5O3/c1-4-7-14(20-17(25)26)16(24)21-15-12-23(13-19-15)18(2,3)8-11-22-9-5-6-10-22/h12-14,20H,4-11H2,1-3H3,(H,21,24)(H,25,26). The average molecular weight is 365 g/mol. The third-order valence-corrected chi connectivity index (χ3v) is 4.96. The number of rotatable bonds is 9. The molecule has 0 saturated carbocycles. The highest BCUT2D eigenvalue weighted by atomic mass is 16.4. The number of carboxylic acid groups (broad SMARTS) is 1. The quantitative estimate of drug-likeness (QED) is 0.624. The van der Waals surface area contributed by atoms with Gasteiger partial charge in [0.05, 0.1) is 6.33 Å². The monoisotopic (exact) mass is 365 g/mol. The minimum absolute atomic E-state index is 0.110. The van der Waals surface area contributed by atoms with E-state index in [1.165, 1.54) is 25.9 Å². The number of carbonyl (C=O) groups is 2. The van der Waals surface area contributed by atoms with Gasteiger partial charge in [0, 0.05) is 18.3 Å². The van der Waals surface area contributed by atoms with E-state index in [4.69, 9.17) is 5.11 Å². The molecule has 2 rings (SSSR count). The van der Waals surface area contributed by atoms with Crippen molar-refractivity contribution in [2.24, 2.45) is 0 Å². The van der Waals surface area contributed by atoms with Gasteiger partial charge in [-0.1, -0.05) is 13.3 Å². The normalized spacial score (nSPS) is 16.4. The summed E-state index contributed by atoms with van der Waals surface area (Å²) < 4.78 is 2.01. The van der Waals surface area contributed by atoms with Gasteiger partial charge in [-0.05, 0) is 52.6 Å². The molecule has 0 aromatic carbocycles. The van der Waals surface area contributed by atoms with Crippen molar-refractivity contribution in [3.8, 4) is 0 Å². The van der Waals surface area contributed by atoms with E-state index in [1.54, 1.807) is 6.33 Å². The Labute approximate surface area is 155 Å². The van der Waals surface area contributed by atoms with E-state index in [1.807, 2.05) is 17.7 Å². The number of amides is 2. The summed E-state index contributed by atoms with van der Waals surface area (Å²) in [5.41, 5.74) is -0.110. The van der Waals surface area contributed by atoms with Crippen LogP contribution in [0.5, 0.6) is 0 Å². The van der Waals surface area contributed by atoms with Crippen LogP contribution in [-0.4, -0.2) is 57.2 Å². The fraction of sp³-hybridized carbons (Fsp3) is 0.722. The smallest absolute Gasteiger partial charge is 0.405 e. The Morgan fingerprint density at radius 2 is 2.04 bits per heavy atom. The molecule has 146 valence electrons. The molecule has 1 aromatic heterocycles. The second kappa shape index (κ2) is 9.02. The van der Waals surface area contributed by atoms with Crippen LogP contribution in [0.15, 0.2) is 12.5 Å². The lowest BCUT2D eigenvalue weighted by Gasteiger charge is -2.28. The van der Waals surface area contributed by atoms with Gasteiger partial charge in [0.25, 0.3) is 0 Å². The third kappa shape index (κ3) is 5.72. The van der Waals surface area contributed by atoms with Gasteiger partial charge >= 0.3 is 6.09 Å². The van der Waals surface area contributed by atoms with Crippen LogP contribution in [0.2, 0.25) is 0 Å². The molecule has 1 aliphatic rings. The van der Waals surface area contributed by atoms with Crippen molar-refractivity contribution in [3.05, 3.63) is 12.5 Å². The lowest BCUT2D eigenvalue weighted by molar-refractivity contribution is -0.118. The average Bonchev–Trinajstić information content (AvgIpc) is 3.24. The van der Waals surface area contributed by atoms with Gasteiger partial charge in [-0.2, -0.15) is 0 Å². The van der Waals surface area contributed by atoms with Crippen LogP contribution >= 0.6 is 0 Å². The van der Waals surface area contributed by atoms with Gasteiger partial charge < -0.3 is 25.2 Å². The van der Waals surface area contributed by atoms with Gasteiger partial charge in [-0.15, -0.1) is 0 Å². The molecule has 26 heavy (non-hydrogen) atoms. The molecule has 1 aliphatic heterocycles. The number of hydrogen-bond donors (Lipinski definition) is 3. The minimum atomic E-state index is -1.20. The van der Waals surface area contributed by atoms with Crippen molar-refractivity contribution in [1.82, 2.24) is 19.8 Å². The fourth-order valence-corrected chi connectivity index (χ4v) is 3.21. The molecule has 1 aromatic rings. The number of hydrogen-bond acceptors (Lipinski definition) is 4. The number of imidazole rings is 1. The van der Waals surface area contributed by atoms with Crippen LogP contribution in [0.4, 0.5) is 10.6 Å². The second-order valence-corrected chi connectivity index (χ2v) is 7.56. The summed E-state index contributed by atoms with van der Waals surface area (Å²) in [6.45, 7) is 9.62. The zero-order valence-electron chi connectivity index (χ0n) is 16.0. The highest BCUT2D eigenvalue weighted by Crippen LogP contribution is 2.23. The van der Waals surface area contributed by atoms with Crippen molar-refractivity contribution in [1.29, 1.82) is 0 Å². The zero-order valence-corrected chi connectivity index (χ0v) is 16.0. The maximum atomic E-state index is 12.3. The molecular formula is C18H31N5O3. The molecule has 1 unspecified atom stereocenters. The van der Waals surface area contributed by atoms with Crippen LogP contribution in [0.1, 0.15) is 52.9 Å². The largest absolute Gasteiger partial charge is 0.465 e. The van der Waals surface area contributed by atoms with E-state index in [0.29, 0.717) is 18.7 Å². The topological polar surface area (TPSA) is 99.5 Å². The molecule has 0 spiro atoms. The first-order valence-corrected chi connectivity index (χ1v) is 9.39. The molecule has 8 heteroatoms. The van der Waals surface area contributed by atoms with Crippen LogP contribution in [0, 0.1) is 0 Å². The Kier molecular flexibility index (Phi) is 7.02. The van der Waals surface area contributed by atoms with Crippen LogP contribution in [0.3, 0.4) is 0 Å². The van der Waals surface area contributed by atoms with Gasteiger partial charge in [-0.3, -0.25) is 4.79 Å². The summed E-state index contributed by atoms with van der Waals surface area (Å²) in [6, 6.07) is -0.772. The molecule has 1 saturated heterocycles. The zero-order chi connectivity index (χ0) is 19.2. The highest BCUT2D eigenvalue weighted by molar-refractivity contribution is 5.95. The Balaban J connectivity index is 1.94. The fourth-order valence-electron chi connectivity index (χ4n) is 3.21. The number of nitrogens with zero attached hydrogens (tertiary/aromatic N) is 3. The lowest BCUT2D eigenvalue weighted by atomic mass is 10.0. The van der Waals surface area contributed by atoms with E-state index in [0.717, 1.165) is 13.0 Å². The Morgan fingerprint density at radius 1 is 1.35 bits per heavy atom. The summed E-state index contributed by atoms with van der Waals surface area (Å²) in [7, 11) is 0. The predicted molar refractivity (Wildman–Crippen MR) is 100 cm³/mol. The molecule has 0 aliphatic carbocycles. The van der Waals surface area contributed by atoms with E-state index in [2.05, 4.69) is 34.4 Å². The summed E-state index contributed by atoms with van der Waals surface area (Å²) in [5.74, 6) is 0.0620. The minimum Gasteiger partial charge on any atom is -0.465 e. The molecule has 8 nitrogen and oxygen atoms in total. The molecular weight excluding hydrogens is 334 g/mol. The van der Waals surface area contributed by atoms with Crippen LogP contribution < -0.4 is 10.6 Å². The third-order valence-electron chi connectivity index (χ3n) is 4.96. The van der Waals surface area contributed by atoms with E-state index in [-0.39, 0.29) is 11.4 Å². The molecule has 0 bridgehead atoms. The van der Waals surface area contributed by atoms with Gasteiger partial charge in [0.2, 0.25) is 5.91 Å². The van der Waals surface area contributed by atoms with Crippen molar-refractivity contribution < 1.29 is 14.7 Å². The number of carbonyl (C=O) groups excluding carboxylic acids is 1. The number of aromatic nitrogens is 2. The molecule has 2 amide bonds. The lowest BCUT2D eigenvalue weighted by Crippen LogP contribution is -2.43. The molecule has 1 fully saturated rings. The van der Waals surface area contributed by atoms with Crippen LogP contribution in [-0.2, 0) is 10.3 Å². The summed E-state index contributed by atoms with van der Waals surface area (Å²) in [5, 5.41) is 13.8. The number of nitrogens with one attached hydrogen (secondary N) is 2. The predicted octanol–water partition coefficient (Wildman–Crippen LogP) is 2.48. The molecule has 2 heterocycles. The van der Waals surface area contributed by atoms with Gasteiger partial charge in [0.15, 0.2) is 5.82 Å². The van der Waals surface area contributed by atoms with Crippen molar-refractivity contribution in [2.45, 2.75) is 64.5 Å². The molecule has 0 radical (unpaired) electrons. The summed E-state index contributed by atoms with van der Waals surface area (Å²) in [6.07, 6.45) is 7.04. The number of anilines is 1. The summed E-state index contributed by atoms with van der Waals surface area (Å²) in [4.78, 5) is 29.9. The second-order valence-electron chi connectivity index (χ2n) is 7.56.